The van der Waals surface area contributed by atoms with Crippen molar-refractivity contribution in [1.29, 1.82) is 0 Å². The van der Waals surface area contributed by atoms with E-state index in [1.165, 1.54) is 0 Å². The summed E-state index contributed by atoms with van der Waals surface area (Å²) in [6.07, 6.45) is -7.56. The van der Waals surface area contributed by atoms with Crippen molar-refractivity contribution in [3.8, 4) is 0 Å². The van der Waals surface area contributed by atoms with Crippen LogP contribution < -0.4 is 5.73 Å². The molecule has 1 aliphatic rings. The Morgan fingerprint density at radius 1 is 1.93 bits per heavy atom. The molecule has 0 radical (unpaired) electrons. The first-order chi connectivity index (χ1) is 9.58. The Morgan fingerprint density at radius 3 is 3.14 bits per heavy atom. The van der Waals surface area contributed by atoms with Crippen molar-refractivity contribution in [1.82, 2.24) is 0 Å². The second kappa shape index (κ2) is 3.91. The van der Waals surface area contributed by atoms with Gasteiger partial charge in [-0.3, -0.25) is 4.79 Å². The number of carboxylic acid groups (broad SMARTS) is 1. The first-order valence-electron chi connectivity index (χ1n) is 7.41. The molecule has 0 aliphatic heterocycles. The molecule has 0 aromatic carbocycles. The van der Waals surface area contributed by atoms with Crippen LogP contribution in [0.15, 0.2) is 24.2 Å². The monoisotopic (exact) mass is 207 g/mol. The number of nitrogens with two attached hydrogens (primary N) is 1. The molecule has 0 saturated heterocycles. The number of carboxylic acids is 1. The van der Waals surface area contributed by atoms with E-state index in [-0.39, 0.29) is 0 Å². The highest BCUT2D eigenvalue weighted by molar-refractivity contribution is 5.73. The number of aliphatic hydroxyl groups is 2. The summed E-state index contributed by atoms with van der Waals surface area (Å²) in [4.78, 5) is 11.0. The molecule has 0 aromatic rings. The molecule has 0 fully saturated rings. The van der Waals surface area contributed by atoms with Crippen LogP contribution in [-0.2, 0) is 4.79 Å². The van der Waals surface area contributed by atoms with Gasteiger partial charge in [0.25, 0.3) is 0 Å². The largest absolute Gasteiger partial charge is 0.480 e. The molecule has 1 rings (SSSR count). The molecule has 0 heterocycles. The fourth-order valence-corrected chi connectivity index (χ4v) is 0.701. The summed E-state index contributed by atoms with van der Waals surface area (Å²) < 4.78 is 59.8. The van der Waals surface area contributed by atoms with Crippen molar-refractivity contribution in [2.45, 2.75) is 24.1 Å². The van der Waals surface area contributed by atoms with E-state index >= 15 is 0 Å². The molecule has 3 atom stereocenters. The topological polar surface area (TPSA) is 104 Å². The third kappa shape index (κ3) is 2.20. The quantitative estimate of drug-likeness (QED) is 0.475. The van der Waals surface area contributed by atoms with E-state index in [2.05, 4.69) is 0 Å². The molecule has 5 N–H and O–H groups in total. The summed E-state index contributed by atoms with van der Waals surface area (Å²) in [7, 11) is 0. The standard InChI is InChI=1S/C9H13NO4/c10-6(8(12)13)5-9(14)4-2-1-3-7(9)11/h1-4,6-7,11,14H,5,10H2,(H,12,13)/i1D,2D,3D,4D,5D2,6D,7D. The number of hydrogen-bond donors (Lipinski definition) is 4. The zero-order chi connectivity index (χ0) is 17.9. The molecule has 0 spiro atoms. The van der Waals surface area contributed by atoms with Crippen molar-refractivity contribution in [2.24, 2.45) is 5.73 Å². The van der Waals surface area contributed by atoms with Gasteiger partial charge in [0.05, 0.1) is 8.22 Å². The van der Waals surface area contributed by atoms with Crippen molar-refractivity contribution >= 4 is 5.97 Å². The van der Waals surface area contributed by atoms with Crippen LogP contribution in [0, 0.1) is 0 Å². The molecule has 1 aliphatic carbocycles. The van der Waals surface area contributed by atoms with Crippen LogP contribution in [0.25, 0.3) is 0 Å². The van der Waals surface area contributed by atoms with Gasteiger partial charge in [-0.1, -0.05) is 24.2 Å². The average Bonchev–Trinajstić information content (AvgIpc) is 2.40. The predicted molar refractivity (Wildman–Crippen MR) is 49.5 cm³/mol. The lowest BCUT2D eigenvalue weighted by molar-refractivity contribution is -0.140. The zero-order valence-corrected chi connectivity index (χ0v) is 6.83. The smallest absolute Gasteiger partial charge is 0.320 e. The van der Waals surface area contributed by atoms with Gasteiger partial charge in [-0.25, -0.2) is 0 Å². The van der Waals surface area contributed by atoms with E-state index in [0.717, 1.165) is 0 Å². The highest BCUT2D eigenvalue weighted by Gasteiger charge is 2.36. The van der Waals surface area contributed by atoms with Crippen molar-refractivity contribution in [3.63, 3.8) is 0 Å². The summed E-state index contributed by atoms with van der Waals surface area (Å²) >= 11 is 0. The maximum Gasteiger partial charge on any atom is 0.320 e. The maximum absolute atomic E-state index is 11.0. The Labute approximate surface area is 92.4 Å². The third-order valence-electron chi connectivity index (χ3n) is 1.38. The molecule has 0 bridgehead atoms. The van der Waals surface area contributed by atoms with E-state index < -0.39 is 54.2 Å². The lowest BCUT2D eigenvalue weighted by Crippen LogP contribution is -2.47. The van der Waals surface area contributed by atoms with Crippen LogP contribution in [0.5, 0.6) is 0 Å². The van der Waals surface area contributed by atoms with Crippen LogP contribution >= 0.6 is 0 Å². The van der Waals surface area contributed by atoms with Crippen LogP contribution in [0.2, 0.25) is 0 Å². The fraction of sp³-hybridized carbons (Fsp3) is 0.444. The van der Waals surface area contributed by atoms with Crippen LogP contribution in [0.3, 0.4) is 0 Å². The number of allylic oxidation sites excluding steroid dienone is 2. The second-order valence-electron chi connectivity index (χ2n) is 2.40. The Hall–Kier alpha value is -1.17. The highest BCUT2D eigenvalue weighted by Crippen LogP contribution is 2.23. The molecule has 0 saturated carbocycles. The van der Waals surface area contributed by atoms with Crippen molar-refractivity contribution in [2.75, 3.05) is 0 Å². The van der Waals surface area contributed by atoms with Gasteiger partial charge in [-0.05, 0) is 0 Å². The second-order valence-corrected chi connectivity index (χ2v) is 2.40. The van der Waals surface area contributed by atoms with Crippen LogP contribution in [0.4, 0.5) is 0 Å². The Kier molecular flexibility index (Phi) is 1.16. The van der Waals surface area contributed by atoms with Gasteiger partial charge in [0.1, 0.15) is 17.7 Å². The Bertz CT molecular complexity index is 598. The SMILES string of the molecule is [2H]C1=C([2H])C([2H])(O)C(O)(C([2H])([2H])C([2H])(N)C(=O)O)C([2H])=C1[2H]. The van der Waals surface area contributed by atoms with Gasteiger partial charge in [0, 0.05) is 9.11 Å². The van der Waals surface area contributed by atoms with E-state index in [1.807, 2.05) is 0 Å². The molecular weight excluding hydrogens is 186 g/mol. The summed E-state index contributed by atoms with van der Waals surface area (Å²) in [6.45, 7) is 0. The minimum absolute atomic E-state index is 1.12. The Balaban J connectivity index is 3.81. The molecule has 78 valence electrons. The summed E-state index contributed by atoms with van der Waals surface area (Å²) in [5.74, 6) is -2.27. The summed E-state index contributed by atoms with van der Waals surface area (Å²) in [5, 5.41) is 29.1. The van der Waals surface area contributed by atoms with Gasteiger partial charge < -0.3 is 21.1 Å². The van der Waals surface area contributed by atoms with Gasteiger partial charge in [0.2, 0.25) is 0 Å². The van der Waals surface area contributed by atoms with Gasteiger partial charge in [-0.2, -0.15) is 0 Å². The van der Waals surface area contributed by atoms with Crippen molar-refractivity contribution < 1.29 is 31.1 Å². The predicted octanol–water partition coefficient (Wildman–Crippen LogP) is -0.994. The molecule has 3 unspecified atom stereocenters. The summed E-state index contributed by atoms with van der Waals surface area (Å²) in [6, 6.07) is -8.90. The number of hydrogen-bond acceptors (Lipinski definition) is 4. The zero-order valence-electron chi connectivity index (χ0n) is 14.8. The van der Waals surface area contributed by atoms with E-state index in [1.54, 1.807) is 0 Å². The minimum atomic E-state index is -3.86. The lowest BCUT2D eigenvalue weighted by atomic mass is 9.86. The fourth-order valence-electron chi connectivity index (χ4n) is 0.701. The Morgan fingerprint density at radius 2 is 2.57 bits per heavy atom. The third-order valence-corrected chi connectivity index (χ3v) is 1.38. The molecule has 0 amide bonds. The molecule has 0 aromatic heterocycles. The van der Waals surface area contributed by atoms with Gasteiger partial charge >= 0.3 is 5.97 Å². The normalized spacial score (nSPS) is 52.5. The minimum Gasteiger partial charge on any atom is -0.480 e. The number of aliphatic carboxylic acids is 1. The molecule has 5 heteroatoms. The first-order valence-corrected chi connectivity index (χ1v) is 3.41. The van der Waals surface area contributed by atoms with Crippen molar-refractivity contribution in [3.05, 3.63) is 24.2 Å². The van der Waals surface area contributed by atoms with Crippen LogP contribution in [-0.4, -0.2) is 39.0 Å². The number of carbonyl (C=O) groups is 1. The lowest BCUT2D eigenvalue weighted by Gasteiger charge is -2.31. The summed E-state index contributed by atoms with van der Waals surface area (Å²) in [5.41, 5.74) is 1.18. The first kappa shape index (κ1) is 4.14. The number of rotatable bonds is 3. The van der Waals surface area contributed by atoms with E-state index in [9.17, 15) is 15.0 Å². The van der Waals surface area contributed by atoms with E-state index in [0.29, 0.717) is 0 Å². The average molecular weight is 207 g/mol. The van der Waals surface area contributed by atoms with E-state index in [4.69, 9.17) is 21.8 Å². The molecule has 5 nitrogen and oxygen atoms in total. The maximum atomic E-state index is 11.0. The molecular formula is C9H13NO4. The molecule has 14 heavy (non-hydrogen) atoms. The van der Waals surface area contributed by atoms with Gasteiger partial charge in [-0.15, -0.1) is 0 Å². The van der Waals surface area contributed by atoms with Crippen LogP contribution in [0.1, 0.15) is 17.3 Å². The van der Waals surface area contributed by atoms with Gasteiger partial charge in [0.15, 0.2) is 0 Å². The highest BCUT2D eigenvalue weighted by atomic mass is 16.4.